The Hall–Kier alpha value is -1.63. The van der Waals surface area contributed by atoms with Gasteiger partial charge in [-0.15, -0.1) is 11.3 Å². The minimum atomic E-state index is 0.175. The smallest absolute Gasteiger partial charge is 0.263 e. The van der Waals surface area contributed by atoms with Gasteiger partial charge < -0.3 is 0 Å². The zero-order valence-electron chi connectivity index (χ0n) is 13.2. The SMILES string of the molecule is O=c1c2c3c(sc2nc2n1CCS2)CN(Cc1ccccc1)CC3. The second kappa shape index (κ2) is 5.72. The molecule has 0 aliphatic carbocycles. The predicted octanol–water partition coefficient (Wildman–Crippen LogP) is 3.12. The molecule has 0 saturated carbocycles. The van der Waals surface area contributed by atoms with Gasteiger partial charge in [0.15, 0.2) is 5.16 Å². The number of benzene rings is 1. The maximum atomic E-state index is 12.8. The molecule has 0 amide bonds. The summed E-state index contributed by atoms with van der Waals surface area (Å²) in [5.41, 5.74) is 2.77. The van der Waals surface area contributed by atoms with Gasteiger partial charge >= 0.3 is 0 Å². The first-order valence-electron chi connectivity index (χ1n) is 8.24. The standard InChI is InChI=1S/C18H17N3OS2/c22-17-15-13-6-7-20(10-12-4-2-1-3-5-12)11-14(13)24-16(15)19-18-21(17)8-9-23-18/h1-5H,6-11H2. The maximum Gasteiger partial charge on any atom is 0.263 e. The van der Waals surface area contributed by atoms with E-state index in [1.165, 1.54) is 16.0 Å². The van der Waals surface area contributed by atoms with E-state index in [1.807, 2.05) is 4.57 Å². The van der Waals surface area contributed by atoms with E-state index in [-0.39, 0.29) is 5.56 Å². The lowest BCUT2D eigenvalue weighted by Crippen LogP contribution is -2.30. The average Bonchev–Trinajstić information content (AvgIpc) is 3.20. The number of hydrogen-bond donors (Lipinski definition) is 0. The lowest BCUT2D eigenvalue weighted by Gasteiger charge is -2.26. The molecule has 0 bridgehead atoms. The molecule has 5 rings (SSSR count). The summed E-state index contributed by atoms with van der Waals surface area (Å²) in [6, 6.07) is 10.6. The van der Waals surface area contributed by atoms with Gasteiger partial charge in [-0.25, -0.2) is 4.98 Å². The van der Waals surface area contributed by atoms with Gasteiger partial charge in [0, 0.05) is 36.8 Å². The number of hydrogen-bond acceptors (Lipinski definition) is 5. The van der Waals surface area contributed by atoms with E-state index in [4.69, 9.17) is 4.98 Å². The number of thiophene rings is 1. The highest BCUT2D eigenvalue weighted by molar-refractivity contribution is 7.99. The molecular weight excluding hydrogens is 338 g/mol. The van der Waals surface area contributed by atoms with E-state index >= 15 is 0 Å². The van der Waals surface area contributed by atoms with Gasteiger partial charge in [-0.05, 0) is 17.5 Å². The van der Waals surface area contributed by atoms with E-state index in [0.717, 1.165) is 53.7 Å². The van der Waals surface area contributed by atoms with Crippen LogP contribution < -0.4 is 5.56 Å². The van der Waals surface area contributed by atoms with Gasteiger partial charge in [0.1, 0.15) is 4.83 Å². The van der Waals surface area contributed by atoms with Crippen LogP contribution in [-0.4, -0.2) is 26.7 Å². The molecule has 0 saturated heterocycles. The molecule has 0 unspecified atom stereocenters. The number of fused-ring (bicyclic) bond motifs is 4. The summed E-state index contributed by atoms with van der Waals surface area (Å²) in [6.45, 7) is 3.69. The fourth-order valence-electron chi connectivity index (χ4n) is 3.62. The van der Waals surface area contributed by atoms with Crippen molar-refractivity contribution >= 4 is 33.3 Å². The zero-order chi connectivity index (χ0) is 16.1. The molecule has 6 heteroatoms. The molecule has 2 aliphatic heterocycles. The van der Waals surface area contributed by atoms with Gasteiger partial charge in [0.25, 0.3) is 5.56 Å². The van der Waals surface area contributed by atoms with Crippen LogP contribution in [0.5, 0.6) is 0 Å². The molecule has 0 radical (unpaired) electrons. The van der Waals surface area contributed by atoms with E-state index in [2.05, 4.69) is 35.2 Å². The third-order valence-electron chi connectivity index (χ3n) is 4.80. The Bertz CT molecular complexity index is 977. The van der Waals surface area contributed by atoms with Gasteiger partial charge in [-0.1, -0.05) is 42.1 Å². The quantitative estimate of drug-likeness (QED) is 0.662. The molecule has 2 aliphatic rings. The molecule has 122 valence electrons. The second-order valence-electron chi connectivity index (χ2n) is 6.33. The van der Waals surface area contributed by atoms with Crippen LogP contribution in [0, 0.1) is 0 Å². The van der Waals surface area contributed by atoms with Gasteiger partial charge in [-0.2, -0.15) is 0 Å². The van der Waals surface area contributed by atoms with Crippen molar-refractivity contribution in [3.63, 3.8) is 0 Å². The molecule has 4 nitrogen and oxygen atoms in total. The Balaban J connectivity index is 1.51. The Labute approximate surface area is 148 Å². The number of nitrogens with zero attached hydrogens (tertiary/aromatic N) is 3. The second-order valence-corrected chi connectivity index (χ2v) is 8.48. The summed E-state index contributed by atoms with van der Waals surface area (Å²) in [4.78, 5) is 22.3. The Morgan fingerprint density at radius 3 is 2.92 bits per heavy atom. The molecule has 0 N–H and O–H groups in total. The minimum absolute atomic E-state index is 0.175. The molecule has 0 spiro atoms. The molecule has 0 atom stereocenters. The van der Waals surface area contributed by atoms with E-state index < -0.39 is 0 Å². The van der Waals surface area contributed by atoms with Crippen molar-refractivity contribution in [1.29, 1.82) is 0 Å². The van der Waals surface area contributed by atoms with Crippen molar-refractivity contribution in [2.24, 2.45) is 0 Å². The monoisotopic (exact) mass is 355 g/mol. The molecule has 2 aromatic heterocycles. The fraction of sp³-hybridized carbons (Fsp3) is 0.333. The molecule has 3 aromatic rings. The Kier molecular flexibility index (Phi) is 3.50. The van der Waals surface area contributed by atoms with Crippen molar-refractivity contribution in [2.75, 3.05) is 12.3 Å². The van der Waals surface area contributed by atoms with Gasteiger partial charge in [0.2, 0.25) is 0 Å². The van der Waals surface area contributed by atoms with Crippen LogP contribution in [0.3, 0.4) is 0 Å². The third kappa shape index (κ3) is 2.32. The largest absolute Gasteiger partial charge is 0.294 e. The topological polar surface area (TPSA) is 38.1 Å². The van der Waals surface area contributed by atoms with E-state index in [0.29, 0.717) is 0 Å². The van der Waals surface area contributed by atoms with E-state index in [1.54, 1.807) is 23.1 Å². The minimum Gasteiger partial charge on any atom is -0.294 e. The summed E-state index contributed by atoms with van der Waals surface area (Å²) >= 11 is 3.41. The first kappa shape index (κ1) is 14.7. The van der Waals surface area contributed by atoms with Crippen LogP contribution in [0.25, 0.3) is 10.2 Å². The molecule has 0 fully saturated rings. The highest BCUT2D eigenvalue weighted by Gasteiger charge is 2.26. The van der Waals surface area contributed by atoms with Crippen LogP contribution in [0.4, 0.5) is 0 Å². The van der Waals surface area contributed by atoms with Crippen LogP contribution >= 0.6 is 23.1 Å². The van der Waals surface area contributed by atoms with Crippen molar-refractivity contribution in [3.8, 4) is 0 Å². The molecule has 1 aromatic carbocycles. The Morgan fingerprint density at radius 2 is 2.04 bits per heavy atom. The summed E-state index contributed by atoms with van der Waals surface area (Å²) < 4.78 is 1.86. The first-order valence-corrected chi connectivity index (χ1v) is 10.0. The summed E-state index contributed by atoms with van der Waals surface area (Å²) in [5, 5.41) is 1.79. The lowest BCUT2D eigenvalue weighted by molar-refractivity contribution is 0.249. The maximum absolute atomic E-state index is 12.8. The summed E-state index contributed by atoms with van der Waals surface area (Å²) in [5.74, 6) is 0.965. The fourth-order valence-corrected chi connectivity index (χ4v) is 5.88. The number of rotatable bonds is 2. The predicted molar refractivity (Wildman–Crippen MR) is 98.9 cm³/mol. The molecule has 24 heavy (non-hydrogen) atoms. The average molecular weight is 355 g/mol. The van der Waals surface area contributed by atoms with Gasteiger partial charge in [0.05, 0.1) is 5.39 Å². The van der Waals surface area contributed by atoms with E-state index in [9.17, 15) is 4.79 Å². The first-order chi connectivity index (χ1) is 11.8. The highest BCUT2D eigenvalue weighted by Crippen LogP contribution is 2.35. The molecular formula is C18H17N3OS2. The number of thioether (sulfide) groups is 1. The Morgan fingerprint density at radius 1 is 1.17 bits per heavy atom. The summed E-state index contributed by atoms with van der Waals surface area (Å²) in [7, 11) is 0. The van der Waals surface area contributed by atoms with Crippen molar-refractivity contribution in [2.45, 2.75) is 31.2 Å². The lowest BCUT2D eigenvalue weighted by atomic mass is 10.0. The third-order valence-corrected chi connectivity index (χ3v) is 6.87. The van der Waals surface area contributed by atoms with Crippen LogP contribution in [0.2, 0.25) is 0 Å². The molecule has 4 heterocycles. The van der Waals surface area contributed by atoms with Crippen molar-refractivity contribution < 1.29 is 0 Å². The van der Waals surface area contributed by atoms with Crippen molar-refractivity contribution in [3.05, 3.63) is 56.7 Å². The van der Waals surface area contributed by atoms with Gasteiger partial charge in [-0.3, -0.25) is 14.3 Å². The highest BCUT2D eigenvalue weighted by atomic mass is 32.2. The zero-order valence-corrected chi connectivity index (χ0v) is 14.8. The van der Waals surface area contributed by atoms with Crippen LogP contribution in [0.1, 0.15) is 16.0 Å². The van der Waals surface area contributed by atoms with Crippen molar-refractivity contribution in [1.82, 2.24) is 14.5 Å². The summed E-state index contributed by atoms with van der Waals surface area (Å²) in [6.07, 6.45) is 0.950. The normalized spacial score (nSPS) is 17.2. The van der Waals surface area contributed by atoms with Crippen LogP contribution in [0.15, 0.2) is 40.3 Å². The van der Waals surface area contributed by atoms with Crippen LogP contribution in [-0.2, 0) is 26.1 Å². The number of aromatic nitrogens is 2.